The second-order valence-corrected chi connectivity index (χ2v) is 18.5. The Hall–Kier alpha value is -7.54. The Bertz CT molecular complexity index is 2900. The van der Waals surface area contributed by atoms with Crippen LogP contribution in [0.4, 0.5) is 21.6 Å². The minimum atomic E-state index is -0.643. The van der Waals surface area contributed by atoms with E-state index in [1.165, 1.54) is 13.2 Å². The molecule has 368 valence electrons. The van der Waals surface area contributed by atoms with Crippen LogP contribution in [0, 0.1) is 17.1 Å². The van der Waals surface area contributed by atoms with Crippen LogP contribution < -0.4 is 25.2 Å². The van der Waals surface area contributed by atoms with E-state index in [0.717, 1.165) is 81.0 Å². The molecule has 1 aliphatic carbocycles. The van der Waals surface area contributed by atoms with Crippen LogP contribution in [-0.4, -0.2) is 151 Å². The lowest BCUT2D eigenvalue weighted by Crippen LogP contribution is -2.64. The van der Waals surface area contributed by atoms with Gasteiger partial charge in [-0.05, 0) is 56.4 Å². The number of benzene rings is 1. The molecule has 5 fully saturated rings. The highest BCUT2D eigenvalue weighted by atomic mass is 19.1. The number of carbonyl (C=O) groups is 3. The number of piperidine rings is 1. The summed E-state index contributed by atoms with van der Waals surface area (Å²) in [4.78, 5) is 56.4. The van der Waals surface area contributed by atoms with Gasteiger partial charge in [0.1, 0.15) is 40.6 Å². The van der Waals surface area contributed by atoms with Gasteiger partial charge in [-0.3, -0.25) is 39.2 Å². The van der Waals surface area contributed by atoms with Crippen molar-refractivity contribution in [3.63, 3.8) is 0 Å². The predicted molar refractivity (Wildman–Crippen MR) is 259 cm³/mol. The molecule has 20 nitrogen and oxygen atoms in total. The number of carboxylic acid groups (broad SMARTS) is 1. The molecule has 21 heteroatoms. The molecule has 9 heterocycles. The second-order valence-electron chi connectivity index (χ2n) is 18.5. The summed E-state index contributed by atoms with van der Waals surface area (Å²) in [6.07, 6.45) is 15.6. The Morgan fingerprint density at radius 1 is 0.915 bits per heavy atom. The highest BCUT2D eigenvalue weighted by molar-refractivity contribution is 6.01. The molecule has 3 N–H and O–H groups in total. The van der Waals surface area contributed by atoms with Crippen molar-refractivity contribution in [2.24, 2.45) is 0 Å². The van der Waals surface area contributed by atoms with E-state index in [9.17, 15) is 14.9 Å². The molecule has 6 aromatic rings. The molecule has 3 atom stereocenters. The molecule has 0 spiro atoms. The number of anilines is 3. The fourth-order valence-corrected chi connectivity index (χ4v) is 10.8. The molecule has 1 aromatic carbocycles. The lowest BCUT2D eigenvalue weighted by molar-refractivity contribution is -0.133. The zero-order valence-electron chi connectivity index (χ0n) is 39.3. The van der Waals surface area contributed by atoms with Gasteiger partial charge in [-0.2, -0.15) is 15.5 Å². The van der Waals surface area contributed by atoms with E-state index in [2.05, 4.69) is 63.3 Å². The van der Waals surface area contributed by atoms with Gasteiger partial charge >= 0.3 is 0 Å². The minimum absolute atomic E-state index is 0.222. The predicted octanol–water partition coefficient (Wildman–Crippen LogP) is 4.38. The average molecular weight is 967 g/mol. The van der Waals surface area contributed by atoms with Gasteiger partial charge in [0.15, 0.2) is 0 Å². The van der Waals surface area contributed by atoms with Crippen molar-refractivity contribution >= 4 is 41.0 Å². The molecule has 4 saturated heterocycles. The first-order chi connectivity index (χ1) is 34.7. The van der Waals surface area contributed by atoms with Crippen LogP contribution in [-0.2, 0) is 25.7 Å². The third-order valence-electron chi connectivity index (χ3n) is 14.4. The van der Waals surface area contributed by atoms with Gasteiger partial charge < -0.3 is 29.7 Å². The molecule has 0 radical (unpaired) electrons. The summed E-state index contributed by atoms with van der Waals surface area (Å²) in [7, 11) is 1.53. The van der Waals surface area contributed by atoms with Gasteiger partial charge in [-0.15, -0.1) is 0 Å². The number of piperazine rings is 2. The molecule has 2 bridgehead atoms. The Labute approximate surface area is 409 Å². The van der Waals surface area contributed by atoms with E-state index < -0.39 is 17.8 Å². The molecule has 4 aliphatic heterocycles. The molecule has 11 rings (SSSR count). The van der Waals surface area contributed by atoms with Crippen LogP contribution in [0.5, 0.6) is 5.75 Å². The Kier molecular flexibility index (Phi) is 13.8. The summed E-state index contributed by atoms with van der Waals surface area (Å²) in [5.74, 6) is 0.217. The topological polar surface area (TPSA) is 224 Å². The number of rotatable bonds is 11. The van der Waals surface area contributed by atoms with E-state index in [0.29, 0.717) is 78.4 Å². The van der Waals surface area contributed by atoms with Crippen LogP contribution >= 0.6 is 0 Å². The maximum Gasteiger partial charge on any atom is 0.290 e. The number of amides is 2. The number of carbonyl (C=O) groups excluding carboxylic acids is 2. The number of hydrogen-bond acceptors (Lipinski definition) is 16. The number of methoxy groups -OCH3 is 1. The number of nitrogens with one attached hydrogen (secondary N) is 2. The SMILES string of the molecule is COc1cc(N2CCN(C3CCC(n4cc(-c5cn6ncc(C#N)c6c(-c6ccc(N7CC8COCC(C7)N8Cc7ccccn7)nc6)n5)cn4)CC3)CC2)c(F)cc1NC1CCC(=O)NC1=O.O=CO. The molecular weight excluding hydrogens is 912 g/mol. The Morgan fingerprint density at radius 2 is 1.69 bits per heavy atom. The third-order valence-corrected chi connectivity index (χ3v) is 14.4. The molecule has 71 heavy (non-hydrogen) atoms. The normalized spacial score (nSPS) is 22.8. The van der Waals surface area contributed by atoms with Crippen molar-refractivity contribution in [3.8, 4) is 34.3 Å². The maximum atomic E-state index is 15.6. The number of nitrogens with zero attached hydrogens (tertiary/aromatic N) is 12. The highest BCUT2D eigenvalue weighted by Gasteiger charge is 2.39. The molecule has 5 aliphatic rings. The number of fused-ring (bicyclic) bond motifs is 3. The smallest absolute Gasteiger partial charge is 0.290 e. The first-order valence-electron chi connectivity index (χ1n) is 24.0. The van der Waals surface area contributed by atoms with E-state index in [1.54, 1.807) is 16.8 Å². The number of imide groups is 1. The van der Waals surface area contributed by atoms with Crippen LogP contribution in [0.3, 0.4) is 0 Å². The van der Waals surface area contributed by atoms with Crippen LogP contribution in [0.2, 0.25) is 0 Å². The number of pyridine rings is 2. The quantitative estimate of drug-likeness (QED) is 0.121. The van der Waals surface area contributed by atoms with Crippen molar-refractivity contribution in [1.29, 1.82) is 5.26 Å². The fourth-order valence-electron chi connectivity index (χ4n) is 10.8. The summed E-state index contributed by atoms with van der Waals surface area (Å²) in [5, 5.41) is 31.7. The average Bonchev–Trinajstić information content (AvgIpc) is 4.06. The van der Waals surface area contributed by atoms with Crippen LogP contribution in [0.1, 0.15) is 55.8 Å². The van der Waals surface area contributed by atoms with Gasteiger partial charge in [0.2, 0.25) is 11.8 Å². The van der Waals surface area contributed by atoms with E-state index in [-0.39, 0.29) is 36.9 Å². The van der Waals surface area contributed by atoms with E-state index in [1.807, 2.05) is 49.1 Å². The molecule has 1 saturated carbocycles. The summed E-state index contributed by atoms with van der Waals surface area (Å²) in [6, 6.07) is 16.0. The third kappa shape index (κ3) is 9.95. The number of aromatic nitrogens is 7. The first kappa shape index (κ1) is 47.2. The van der Waals surface area contributed by atoms with Crippen molar-refractivity contribution in [2.75, 3.05) is 74.7 Å². The van der Waals surface area contributed by atoms with Gasteiger partial charge in [0, 0.05) is 100 Å². The molecule has 3 unspecified atom stereocenters. The number of hydrogen-bond donors (Lipinski definition) is 3. The monoisotopic (exact) mass is 966 g/mol. The number of nitriles is 1. The van der Waals surface area contributed by atoms with Crippen molar-refractivity contribution in [2.45, 2.75) is 75.3 Å². The molecule has 2 amide bonds. The van der Waals surface area contributed by atoms with E-state index in [4.69, 9.17) is 34.4 Å². The number of morpholine rings is 1. The van der Waals surface area contributed by atoms with Gasteiger partial charge in [-0.1, -0.05) is 6.07 Å². The van der Waals surface area contributed by atoms with Crippen molar-refractivity contribution < 1.29 is 33.4 Å². The molecular formula is C50H55FN14O6. The summed E-state index contributed by atoms with van der Waals surface area (Å²) < 4.78 is 31.0. The highest BCUT2D eigenvalue weighted by Crippen LogP contribution is 2.37. The molecule has 5 aromatic heterocycles. The lowest BCUT2D eigenvalue weighted by Gasteiger charge is -2.50. The van der Waals surface area contributed by atoms with Crippen LogP contribution in [0.25, 0.3) is 28.0 Å². The van der Waals surface area contributed by atoms with E-state index >= 15 is 4.39 Å². The van der Waals surface area contributed by atoms with Gasteiger partial charge in [0.05, 0.1) is 85.5 Å². The summed E-state index contributed by atoms with van der Waals surface area (Å²) >= 11 is 0. The maximum absolute atomic E-state index is 15.6. The van der Waals surface area contributed by atoms with Crippen LogP contribution in [0.15, 0.2) is 79.6 Å². The zero-order valence-corrected chi connectivity index (χ0v) is 39.3. The minimum Gasteiger partial charge on any atom is -0.495 e. The van der Waals surface area contributed by atoms with Gasteiger partial charge in [-0.25, -0.2) is 18.9 Å². The number of ether oxygens (including phenoxy) is 2. The standard InChI is InChI=1S/C49H53FN14O4.CH2O2/c1-67-44-19-43(39(50)18-41(44)56-40-10-12-46(65)58-49(40)66)60-16-14-59(15-17-60)35-6-8-36(9-7-35)63-24-33(23-54-63)42-28-64-48(32(20-51)22-55-64)47(57-42)31-5-11-45(53-21-31)61-26-37-29-68-30-38(27-61)62(37)25-34-4-2-3-13-52-34;2-1-3/h2-5,11,13,18-19,21-24,28,35-38,40,56H,6-10,12,14-17,25-27,29-30H2,1H3,(H,58,65,66);1H,(H,2,3). The van der Waals surface area contributed by atoms with Crippen molar-refractivity contribution in [3.05, 3.63) is 96.7 Å². The van der Waals surface area contributed by atoms with Gasteiger partial charge in [0.25, 0.3) is 6.47 Å². The zero-order chi connectivity index (χ0) is 49.0. The Morgan fingerprint density at radius 3 is 2.38 bits per heavy atom. The largest absolute Gasteiger partial charge is 0.495 e. The summed E-state index contributed by atoms with van der Waals surface area (Å²) in [6.45, 7) is 6.44. The Balaban J connectivity index is 0.00000189. The fraction of sp³-hybridized carbons (Fsp3) is 0.420. The first-order valence-corrected chi connectivity index (χ1v) is 24.0. The van der Waals surface area contributed by atoms with Crippen molar-refractivity contribution in [1.82, 2.24) is 49.5 Å². The number of halogens is 1. The lowest BCUT2D eigenvalue weighted by atomic mass is 9.90. The second kappa shape index (κ2) is 20.8. The summed E-state index contributed by atoms with van der Waals surface area (Å²) in [5.41, 5.74) is 5.99.